The molecule has 1 aromatic carbocycles. The van der Waals surface area contributed by atoms with Gasteiger partial charge in [0, 0.05) is 26.2 Å². The molecule has 1 saturated heterocycles. The number of likely N-dealkylation sites (tertiary alicyclic amines) is 1. The summed E-state index contributed by atoms with van der Waals surface area (Å²) in [7, 11) is 0. The van der Waals surface area contributed by atoms with Crippen molar-refractivity contribution in [3.63, 3.8) is 0 Å². The molecule has 1 aromatic rings. The van der Waals surface area contributed by atoms with Gasteiger partial charge in [-0.2, -0.15) is 0 Å². The van der Waals surface area contributed by atoms with E-state index in [2.05, 4.69) is 4.90 Å². The summed E-state index contributed by atoms with van der Waals surface area (Å²) >= 11 is 0. The van der Waals surface area contributed by atoms with Gasteiger partial charge in [-0.05, 0) is 32.3 Å². The van der Waals surface area contributed by atoms with Crippen LogP contribution >= 0.6 is 0 Å². The first-order valence-electron chi connectivity index (χ1n) is 7.76. The SMILES string of the molecule is CCN(Cc1ccccc1)C(=O)CN1CCC(C)(O)CC1. The first-order chi connectivity index (χ1) is 10.00. The quantitative estimate of drug-likeness (QED) is 0.900. The van der Waals surface area contributed by atoms with Crippen molar-refractivity contribution in [3.05, 3.63) is 35.9 Å². The third-order valence-corrected chi connectivity index (χ3v) is 4.24. The molecular formula is C17H26N2O2. The second-order valence-corrected chi connectivity index (χ2v) is 6.17. The normalized spacial score (nSPS) is 18.4. The third kappa shape index (κ3) is 4.83. The van der Waals surface area contributed by atoms with Gasteiger partial charge in [-0.1, -0.05) is 30.3 Å². The standard InChI is InChI=1S/C17H26N2O2/c1-3-19(13-15-7-5-4-6-8-15)16(20)14-18-11-9-17(2,21)10-12-18/h4-8,21H,3,9-14H2,1-2H3. The van der Waals surface area contributed by atoms with Gasteiger partial charge < -0.3 is 10.0 Å². The van der Waals surface area contributed by atoms with Crippen molar-refractivity contribution < 1.29 is 9.90 Å². The lowest BCUT2D eigenvalue weighted by molar-refractivity contribution is -0.134. The Balaban J connectivity index is 1.86. The van der Waals surface area contributed by atoms with Crippen molar-refractivity contribution in [1.29, 1.82) is 0 Å². The molecule has 0 aromatic heterocycles. The Hall–Kier alpha value is -1.39. The average molecular weight is 290 g/mol. The summed E-state index contributed by atoms with van der Waals surface area (Å²) in [4.78, 5) is 16.5. The van der Waals surface area contributed by atoms with Crippen LogP contribution in [0, 0.1) is 0 Å². The summed E-state index contributed by atoms with van der Waals surface area (Å²) in [5.74, 6) is 0.169. The number of carbonyl (C=O) groups excluding carboxylic acids is 1. The highest BCUT2D eigenvalue weighted by atomic mass is 16.3. The second kappa shape index (κ2) is 7.05. The number of amides is 1. The molecule has 1 amide bonds. The smallest absolute Gasteiger partial charge is 0.237 e. The number of carbonyl (C=O) groups is 1. The molecular weight excluding hydrogens is 264 g/mol. The van der Waals surface area contributed by atoms with Crippen LogP contribution in [0.5, 0.6) is 0 Å². The zero-order valence-corrected chi connectivity index (χ0v) is 13.1. The molecule has 0 spiro atoms. The van der Waals surface area contributed by atoms with Crippen molar-refractivity contribution >= 4 is 5.91 Å². The number of hydrogen-bond donors (Lipinski definition) is 1. The van der Waals surface area contributed by atoms with E-state index in [0.29, 0.717) is 13.1 Å². The van der Waals surface area contributed by atoms with E-state index in [4.69, 9.17) is 0 Å². The van der Waals surface area contributed by atoms with E-state index in [1.807, 2.05) is 49.1 Å². The highest BCUT2D eigenvalue weighted by molar-refractivity contribution is 5.78. The Labute approximate surface area is 127 Å². The van der Waals surface area contributed by atoms with Gasteiger partial charge in [0.2, 0.25) is 5.91 Å². The number of benzene rings is 1. The topological polar surface area (TPSA) is 43.8 Å². The van der Waals surface area contributed by atoms with Crippen LogP contribution in [0.1, 0.15) is 32.3 Å². The van der Waals surface area contributed by atoms with Crippen LogP contribution in [0.2, 0.25) is 0 Å². The number of likely N-dealkylation sites (N-methyl/N-ethyl adjacent to an activating group) is 1. The molecule has 1 aliphatic heterocycles. The lowest BCUT2D eigenvalue weighted by Crippen LogP contribution is -2.47. The minimum absolute atomic E-state index is 0.169. The lowest BCUT2D eigenvalue weighted by atomic mass is 9.94. The minimum atomic E-state index is -0.561. The molecule has 0 radical (unpaired) electrons. The molecule has 4 heteroatoms. The first kappa shape index (κ1) is 16.0. The van der Waals surface area contributed by atoms with Crippen molar-refractivity contribution in [2.45, 2.75) is 38.8 Å². The monoisotopic (exact) mass is 290 g/mol. The van der Waals surface area contributed by atoms with Gasteiger partial charge in [-0.25, -0.2) is 0 Å². The van der Waals surface area contributed by atoms with Gasteiger partial charge in [0.1, 0.15) is 0 Å². The van der Waals surface area contributed by atoms with E-state index in [1.54, 1.807) is 0 Å². The zero-order valence-electron chi connectivity index (χ0n) is 13.1. The number of piperidine rings is 1. The highest BCUT2D eigenvalue weighted by Crippen LogP contribution is 2.21. The van der Waals surface area contributed by atoms with Crippen molar-refractivity contribution in [2.75, 3.05) is 26.2 Å². The second-order valence-electron chi connectivity index (χ2n) is 6.17. The fourth-order valence-electron chi connectivity index (χ4n) is 2.66. The predicted octanol–water partition coefficient (Wildman–Crippen LogP) is 1.88. The highest BCUT2D eigenvalue weighted by Gasteiger charge is 2.28. The molecule has 0 aliphatic carbocycles. The molecule has 1 heterocycles. The van der Waals surface area contributed by atoms with Gasteiger partial charge in [0.15, 0.2) is 0 Å². The van der Waals surface area contributed by atoms with Crippen LogP contribution in [0.25, 0.3) is 0 Å². The average Bonchev–Trinajstić information content (AvgIpc) is 2.48. The summed E-state index contributed by atoms with van der Waals surface area (Å²) in [5.41, 5.74) is 0.600. The van der Waals surface area contributed by atoms with Crippen LogP contribution in [0.3, 0.4) is 0 Å². The Kier molecular flexibility index (Phi) is 5.37. The maximum absolute atomic E-state index is 12.4. The largest absolute Gasteiger partial charge is 0.390 e. The Morgan fingerprint density at radius 3 is 2.48 bits per heavy atom. The number of hydrogen-bond acceptors (Lipinski definition) is 3. The van der Waals surface area contributed by atoms with Crippen LogP contribution in [0.4, 0.5) is 0 Å². The fraction of sp³-hybridized carbons (Fsp3) is 0.588. The van der Waals surface area contributed by atoms with Gasteiger partial charge in [-0.15, -0.1) is 0 Å². The third-order valence-electron chi connectivity index (χ3n) is 4.24. The maximum Gasteiger partial charge on any atom is 0.237 e. The van der Waals surface area contributed by atoms with E-state index in [0.717, 1.165) is 38.0 Å². The van der Waals surface area contributed by atoms with Crippen LogP contribution in [0.15, 0.2) is 30.3 Å². The summed E-state index contributed by atoms with van der Waals surface area (Å²) < 4.78 is 0. The minimum Gasteiger partial charge on any atom is -0.390 e. The first-order valence-corrected chi connectivity index (χ1v) is 7.76. The summed E-state index contributed by atoms with van der Waals surface area (Å²) in [5, 5.41) is 9.95. The van der Waals surface area contributed by atoms with E-state index < -0.39 is 5.60 Å². The number of nitrogens with zero attached hydrogens (tertiary/aromatic N) is 2. The Morgan fingerprint density at radius 1 is 1.29 bits per heavy atom. The molecule has 0 atom stereocenters. The number of rotatable bonds is 5. The van der Waals surface area contributed by atoms with Crippen molar-refractivity contribution in [1.82, 2.24) is 9.80 Å². The molecule has 0 saturated carbocycles. The zero-order chi connectivity index (χ0) is 15.3. The summed E-state index contributed by atoms with van der Waals surface area (Å²) in [6.45, 7) is 7.32. The van der Waals surface area contributed by atoms with Gasteiger partial charge >= 0.3 is 0 Å². The van der Waals surface area contributed by atoms with Gasteiger partial charge in [0.05, 0.1) is 12.1 Å². The van der Waals surface area contributed by atoms with Gasteiger partial charge in [-0.3, -0.25) is 9.69 Å². The van der Waals surface area contributed by atoms with E-state index in [1.165, 1.54) is 0 Å². The Morgan fingerprint density at radius 2 is 1.90 bits per heavy atom. The fourth-order valence-corrected chi connectivity index (χ4v) is 2.66. The predicted molar refractivity (Wildman–Crippen MR) is 83.8 cm³/mol. The van der Waals surface area contributed by atoms with E-state index in [9.17, 15) is 9.90 Å². The lowest BCUT2D eigenvalue weighted by Gasteiger charge is -2.36. The molecule has 4 nitrogen and oxygen atoms in total. The molecule has 2 rings (SSSR count). The molecule has 21 heavy (non-hydrogen) atoms. The van der Waals surface area contributed by atoms with E-state index in [-0.39, 0.29) is 5.91 Å². The Bertz CT molecular complexity index is 449. The molecule has 1 fully saturated rings. The molecule has 116 valence electrons. The maximum atomic E-state index is 12.4. The molecule has 0 bridgehead atoms. The van der Waals surface area contributed by atoms with Crippen molar-refractivity contribution in [3.8, 4) is 0 Å². The summed E-state index contributed by atoms with van der Waals surface area (Å²) in [6, 6.07) is 10.1. The molecule has 1 N–H and O–H groups in total. The van der Waals surface area contributed by atoms with Crippen LogP contribution in [-0.4, -0.2) is 52.6 Å². The number of aliphatic hydroxyl groups is 1. The molecule has 0 unspecified atom stereocenters. The van der Waals surface area contributed by atoms with Crippen LogP contribution in [-0.2, 0) is 11.3 Å². The summed E-state index contributed by atoms with van der Waals surface area (Å²) in [6.07, 6.45) is 1.48. The van der Waals surface area contributed by atoms with Crippen LogP contribution < -0.4 is 0 Å². The van der Waals surface area contributed by atoms with Crippen molar-refractivity contribution in [2.24, 2.45) is 0 Å². The van der Waals surface area contributed by atoms with E-state index >= 15 is 0 Å². The van der Waals surface area contributed by atoms with Gasteiger partial charge in [0.25, 0.3) is 0 Å². The molecule has 1 aliphatic rings.